The summed E-state index contributed by atoms with van der Waals surface area (Å²) in [6.07, 6.45) is 0. The fourth-order valence-corrected chi connectivity index (χ4v) is 2.57. The molecule has 0 atom stereocenters. The second kappa shape index (κ2) is 6.66. The first kappa shape index (κ1) is 17.1. The van der Waals surface area contributed by atoms with Crippen LogP contribution in [0.5, 0.6) is 0 Å². The summed E-state index contributed by atoms with van der Waals surface area (Å²) in [6, 6.07) is 3.11. The Hall–Kier alpha value is -0.970. The van der Waals surface area contributed by atoms with Crippen molar-refractivity contribution in [3.05, 3.63) is 22.2 Å². The van der Waals surface area contributed by atoms with Crippen molar-refractivity contribution >= 4 is 40.5 Å². The van der Waals surface area contributed by atoms with Crippen LogP contribution in [0.3, 0.4) is 0 Å². The number of carbonyl (C=O) groups excluding carboxylic acids is 1. The van der Waals surface area contributed by atoms with Crippen LogP contribution in [-0.4, -0.2) is 30.9 Å². The predicted octanol–water partition coefficient (Wildman–Crippen LogP) is 3.49. The number of nitrogens with one attached hydrogen (secondary N) is 1. The van der Waals surface area contributed by atoms with Crippen LogP contribution in [0.2, 0.25) is 10.0 Å². The van der Waals surface area contributed by atoms with Gasteiger partial charge in [-0.3, -0.25) is 9.69 Å². The number of anilines is 2. The third kappa shape index (κ3) is 5.57. The van der Waals surface area contributed by atoms with Gasteiger partial charge in [-0.25, -0.2) is 0 Å². The first-order valence-corrected chi connectivity index (χ1v) is 7.07. The minimum absolute atomic E-state index is 0.131. The normalized spacial score (nSPS) is 11.8. The molecule has 0 saturated heterocycles. The van der Waals surface area contributed by atoms with Gasteiger partial charge in [0.25, 0.3) is 0 Å². The number of nitrogens with two attached hydrogens (primary N) is 1. The van der Waals surface area contributed by atoms with E-state index in [0.717, 1.165) is 6.54 Å². The van der Waals surface area contributed by atoms with E-state index in [-0.39, 0.29) is 17.9 Å². The molecule has 0 aliphatic carbocycles. The number of carbonyl (C=O) groups is 1. The molecule has 1 rings (SSSR count). The van der Waals surface area contributed by atoms with Crippen LogP contribution in [0.25, 0.3) is 0 Å². The van der Waals surface area contributed by atoms with Gasteiger partial charge >= 0.3 is 0 Å². The van der Waals surface area contributed by atoms with Crippen molar-refractivity contribution in [3.8, 4) is 0 Å². The van der Waals surface area contributed by atoms with Crippen LogP contribution in [0.4, 0.5) is 11.4 Å². The summed E-state index contributed by atoms with van der Waals surface area (Å²) in [6.45, 7) is 7.44. The predicted molar refractivity (Wildman–Crippen MR) is 86.5 cm³/mol. The first-order chi connectivity index (χ1) is 9.08. The van der Waals surface area contributed by atoms with Gasteiger partial charge < -0.3 is 11.1 Å². The van der Waals surface area contributed by atoms with Crippen LogP contribution in [0.15, 0.2) is 12.1 Å². The molecule has 1 aromatic rings. The SMILES string of the molecule is CN(CC(=O)Nc1c(N)cc(Cl)cc1Cl)CC(C)(C)C. The fraction of sp³-hybridized carbons (Fsp3) is 0.500. The van der Waals surface area contributed by atoms with Gasteiger partial charge in [0, 0.05) is 11.6 Å². The molecular weight excluding hydrogens is 297 g/mol. The summed E-state index contributed by atoms with van der Waals surface area (Å²) in [5, 5.41) is 3.50. The molecule has 0 spiro atoms. The van der Waals surface area contributed by atoms with Crippen LogP contribution in [-0.2, 0) is 4.79 Å². The Kier molecular flexibility index (Phi) is 5.68. The molecule has 6 heteroatoms. The van der Waals surface area contributed by atoms with Gasteiger partial charge in [-0.05, 0) is 24.6 Å². The van der Waals surface area contributed by atoms with Crippen molar-refractivity contribution in [2.24, 2.45) is 5.41 Å². The Morgan fingerprint density at radius 2 is 1.95 bits per heavy atom. The topological polar surface area (TPSA) is 58.4 Å². The number of rotatable bonds is 4. The highest BCUT2D eigenvalue weighted by Crippen LogP contribution is 2.31. The number of benzene rings is 1. The van der Waals surface area contributed by atoms with E-state index in [1.54, 1.807) is 12.1 Å². The molecule has 0 radical (unpaired) electrons. The van der Waals surface area contributed by atoms with Gasteiger partial charge in [0.2, 0.25) is 5.91 Å². The zero-order chi connectivity index (χ0) is 15.5. The number of hydrogen-bond acceptors (Lipinski definition) is 3. The molecule has 4 nitrogen and oxygen atoms in total. The number of nitrogen functional groups attached to an aromatic ring is 1. The monoisotopic (exact) mass is 317 g/mol. The van der Waals surface area contributed by atoms with E-state index >= 15 is 0 Å². The number of likely N-dealkylation sites (N-methyl/N-ethyl adjacent to an activating group) is 1. The van der Waals surface area contributed by atoms with E-state index in [0.29, 0.717) is 21.4 Å². The zero-order valence-corrected chi connectivity index (χ0v) is 13.8. The van der Waals surface area contributed by atoms with Crippen LogP contribution in [0, 0.1) is 5.41 Å². The van der Waals surface area contributed by atoms with E-state index < -0.39 is 0 Å². The fourth-order valence-electron chi connectivity index (χ4n) is 2.02. The van der Waals surface area contributed by atoms with E-state index in [9.17, 15) is 4.79 Å². The summed E-state index contributed by atoms with van der Waals surface area (Å²) >= 11 is 11.9. The zero-order valence-electron chi connectivity index (χ0n) is 12.3. The Morgan fingerprint density at radius 1 is 1.35 bits per heavy atom. The van der Waals surface area contributed by atoms with Crippen LogP contribution >= 0.6 is 23.2 Å². The third-order valence-corrected chi connectivity index (χ3v) is 3.02. The average molecular weight is 318 g/mol. The third-order valence-electron chi connectivity index (χ3n) is 2.51. The lowest BCUT2D eigenvalue weighted by Crippen LogP contribution is -2.35. The summed E-state index contributed by atoms with van der Waals surface area (Å²) in [5.74, 6) is -0.160. The largest absolute Gasteiger partial charge is 0.397 e. The van der Waals surface area contributed by atoms with E-state index in [4.69, 9.17) is 28.9 Å². The highest BCUT2D eigenvalue weighted by molar-refractivity contribution is 6.37. The molecule has 0 saturated carbocycles. The summed E-state index contributed by atoms with van der Waals surface area (Å²) in [5.41, 5.74) is 6.70. The highest BCUT2D eigenvalue weighted by Gasteiger charge is 2.17. The van der Waals surface area contributed by atoms with Gasteiger partial charge in [-0.15, -0.1) is 0 Å². The minimum Gasteiger partial charge on any atom is -0.397 e. The van der Waals surface area contributed by atoms with Crippen LogP contribution in [0.1, 0.15) is 20.8 Å². The molecule has 0 aromatic heterocycles. The average Bonchev–Trinajstić information content (AvgIpc) is 2.20. The maximum Gasteiger partial charge on any atom is 0.238 e. The lowest BCUT2D eigenvalue weighted by Gasteiger charge is -2.26. The first-order valence-electron chi connectivity index (χ1n) is 6.31. The molecule has 1 amide bonds. The van der Waals surface area contributed by atoms with E-state index in [1.165, 1.54) is 0 Å². The molecule has 3 N–H and O–H groups in total. The summed E-state index contributed by atoms with van der Waals surface area (Å²) in [7, 11) is 1.90. The Bertz CT molecular complexity index is 475. The van der Waals surface area contributed by atoms with Gasteiger partial charge in [0.15, 0.2) is 0 Å². The quantitative estimate of drug-likeness (QED) is 0.836. The maximum atomic E-state index is 12.0. The van der Waals surface area contributed by atoms with E-state index in [2.05, 4.69) is 26.1 Å². The second-order valence-electron chi connectivity index (χ2n) is 6.13. The van der Waals surface area contributed by atoms with Gasteiger partial charge in [0.1, 0.15) is 0 Å². The molecule has 0 fully saturated rings. The number of nitrogens with zero attached hydrogens (tertiary/aromatic N) is 1. The second-order valence-corrected chi connectivity index (χ2v) is 6.98. The van der Waals surface area contributed by atoms with Crippen molar-refractivity contribution in [1.29, 1.82) is 0 Å². The molecule has 0 bridgehead atoms. The standard InChI is InChI=1S/C14H21Cl2N3O/c1-14(2,3)8-19(4)7-12(20)18-13-10(16)5-9(15)6-11(13)17/h5-6H,7-8,17H2,1-4H3,(H,18,20). The number of halogens is 2. The Morgan fingerprint density at radius 3 is 2.45 bits per heavy atom. The highest BCUT2D eigenvalue weighted by atomic mass is 35.5. The van der Waals surface area contributed by atoms with Crippen molar-refractivity contribution < 1.29 is 4.79 Å². The van der Waals surface area contributed by atoms with Crippen LogP contribution < -0.4 is 11.1 Å². The van der Waals surface area contributed by atoms with Crippen molar-refractivity contribution in [3.63, 3.8) is 0 Å². The maximum absolute atomic E-state index is 12.0. The molecule has 0 aliphatic heterocycles. The summed E-state index contributed by atoms with van der Waals surface area (Å²) in [4.78, 5) is 14.0. The smallest absolute Gasteiger partial charge is 0.238 e. The molecule has 0 heterocycles. The van der Waals surface area contributed by atoms with Crippen molar-refractivity contribution in [1.82, 2.24) is 4.90 Å². The molecule has 1 aromatic carbocycles. The lowest BCUT2D eigenvalue weighted by molar-refractivity contribution is -0.117. The van der Waals surface area contributed by atoms with Gasteiger partial charge in [-0.2, -0.15) is 0 Å². The van der Waals surface area contributed by atoms with Crippen molar-refractivity contribution in [2.45, 2.75) is 20.8 Å². The van der Waals surface area contributed by atoms with Crippen molar-refractivity contribution in [2.75, 3.05) is 31.2 Å². The number of amides is 1. The molecule has 20 heavy (non-hydrogen) atoms. The summed E-state index contributed by atoms with van der Waals surface area (Å²) < 4.78 is 0. The Labute approximate surface area is 130 Å². The molecule has 0 unspecified atom stereocenters. The van der Waals surface area contributed by atoms with Gasteiger partial charge in [-0.1, -0.05) is 44.0 Å². The number of hydrogen-bond donors (Lipinski definition) is 2. The molecular formula is C14H21Cl2N3O. The minimum atomic E-state index is -0.160. The lowest BCUT2D eigenvalue weighted by atomic mass is 9.96. The molecule has 112 valence electrons. The van der Waals surface area contributed by atoms with Gasteiger partial charge in [0.05, 0.1) is 22.9 Å². The Balaban J connectivity index is 2.68. The molecule has 0 aliphatic rings. The van der Waals surface area contributed by atoms with E-state index in [1.807, 2.05) is 11.9 Å².